The van der Waals surface area contributed by atoms with Crippen molar-refractivity contribution in [1.29, 1.82) is 0 Å². The van der Waals surface area contributed by atoms with E-state index in [1.54, 1.807) is 17.4 Å². The van der Waals surface area contributed by atoms with Gasteiger partial charge in [-0.05, 0) is 54.0 Å². The highest BCUT2D eigenvalue weighted by atomic mass is 32.1. The number of carbonyl (C=O) groups is 1. The van der Waals surface area contributed by atoms with Crippen molar-refractivity contribution >= 4 is 23.3 Å². The molecule has 2 N–H and O–H groups in total. The molecule has 0 saturated heterocycles. The van der Waals surface area contributed by atoms with Gasteiger partial charge in [0.15, 0.2) is 11.5 Å². The second-order valence-corrected chi connectivity index (χ2v) is 6.73. The highest BCUT2D eigenvalue weighted by Gasteiger charge is 2.13. The zero-order valence-corrected chi connectivity index (χ0v) is 14.6. The van der Waals surface area contributed by atoms with Gasteiger partial charge in [-0.3, -0.25) is 4.79 Å². The van der Waals surface area contributed by atoms with Crippen LogP contribution in [0.1, 0.15) is 29.2 Å². The fourth-order valence-electron chi connectivity index (χ4n) is 2.73. The number of hydrogen-bond donors (Lipinski definition) is 2. The van der Waals surface area contributed by atoms with Gasteiger partial charge in [0.1, 0.15) is 0 Å². The molecular weight excluding hydrogens is 338 g/mol. The molecule has 0 fully saturated rings. The maximum Gasteiger partial charge on any atom is 0.243 e. The van der Waals surface area contributed by atoms with Crippen molar-refractivity contribution < 1.29 is 19.4 Å². The van der Waals surface area contributed by atoms with Crippen LogP contribution in [-0.4, -0.2) is 31.0 Å². The van der Waals surface area contributed by atoms with Crippen LogP contribution in [0.25, 0.3) is 6.08 Å². The van der Waals surface area contributed by atoms with Crippen LogP contribution in [0, 0.1) is 0 Å². The number of ether oxygens (including phenoxy) is 2. The molecule has 0 aliphatic carbocycles. The highest BCUT2D eigenvalue weighted by Crippen LogP contribution is 2.32. The number of aliphatic hydroxyl groups is 1. The van der Waals surface area contributed by atoms with Crippen LogP contribution in [0.15, 0.2) is 41.8 Å². The summed E-state index contributed by atoms with van der Waals surface area (Å²) < 4.78 is 10.6. The Hall–Kier alpha value is -2.31. The second-order valence-electron chi connectivity index (χ2n) is 5.75. The number of fused-ring (bicyclic) bond motifs is 1. The Labute approximate surface area is 150 Å². The first-order valence-corrected chi connectivity index (χ1v) is 9.14. The van der Waals surface area contributed by atoms with E-state index in [-0.39, 0.29) is 25.2 Å². The first-order valence-electron chi connectivity index (χ1n) is 8.26. The molecule has 2 aromatic rings. The standard InChI is InChI=1S/C19H21NO4S/c21-10-8-15(18-2-1-11-25-18)7-9-20-19(22)6-4-14-3-5-16-17(12-14)24-13-23-16/h1-6,11-12,15,21H,7-10,13H2,(H,20,22). The van der Waals surface area contributed by atoms with Crippen LogP contribution in [0.3, 0.4) is 0 Å². The summed E-state index contributed by atoms with van der Waals surface area (Å²) in [6.07, 6.45) is 4.79. The van der Waals surface area contributed by atoms with Gasteiger partial charge in [-0.1, -0.05) is 12.1 Å². The number of aliphatic hydroxyl groups excluding tert-OH is 1. The van der Waals surface area contributed by atoms with Gasteiger partial charge in [0.25, 0.3) is 0 Å². The SMILES string of the molecule is O=C(C=Cc1ccc2c(c1)OCO2)NCCC(CCO)c1cccs1. The number of hydrogen-bond acceptors (Lipinski definition) is 5. The van der Waals surface area contributed by atoms with Gasteiger partial charge in [-0.15, -0.1) is 11.3 Å². The Bertz CT molecular complexity index is 727. The first-order chi connectivity index (χ1) is 12.3. The minimum atomic E-state index is -0.133. The molecule has 0 radical (unpaired) electrons. The van der Waals surface area contributed by atoms with Crippen molar-refractivity contribution in [3.05, 3.63) is 52.2 Å². The monoisotopic (exact) mass is 359 g/mol. The molecule has 1 aromatic heterocycles. The molecule has 2 heterocycles. The molecule has 0 saturated carbocycles. The summed E-state index contributed by atoms with van der Waals surface area (Å²) in [6.45, 7) is 0.968. The molecule has 1 aromatic carbocycles. The minimum absolute atomic E-state index is 0.133. The number of thiophene rings is 1. The third-order valence-electron chi connectivity index (χ3n) is 4.04. The molecule has 132 valence electrons. The van der Waals surface area contributed by atoms with Crippen molar-refractivity contribution in [3.8, 4) is 11.5 Å². The quantitative estimate of drug-likeness (QED) is 0.711. The lowest BCUT2D eigenvalue weighted by Gasteiger charge is -2.14. The molecule has 1 unspecified atom stereocenters. The molecule has 1 amide bonds. The Morgan fingerprint density at radius 1 is 1.28 bits per heavy atom. The molecule has 6 heteroatoms. The van der Waals surface area contributed by atoms with Crippen molar-refractivity contribution in [2.24, 2.45) is 0 Å². The van der Waals surface area contributed by atoms with E-state index in [1.165, 1.54) is 11.0 Å². The van der Waals surface area contributed by atoms with Crippen molar-refractivity contribution in [2.75, 3.05) is 19.9 Å². The van der Waals surface area contributed by atoms with Gasteiger partial charge in [0.05, 0.1) is 0 Å². The maximum atomic E-state index is 12.0. The highest BCUT2D eigenvalue weighted by molar-refractivity contribution is 7.10. The van der Waals surface area contributed by atoms with E-state index in [9.17, 15) is 9.90 Å². The summed E-state index contributed by atoms with van der Waals surface area (Å²) in [4.78, 5) is 13.2. The zero-order chi connectivity index (χ0) is 17.5. The normalized spacial score (nSPS) is 14.0. The van der Waals surface area contributed by atoms with E-state index in [2.05, 4.69) is 11.4 Å². The van der Waals surface area contributed by atoms with E-state index in [4.69, 9.17) is 9.47 Å². The fraction of sp³-hybridized carbons (Fsp3) is 0.316. The van der Waals surface area contributed by atoms with Crippen LogP contribution in [0.2, 0.25) is 0 Å². The van der Waals surface area contributed by atoms with Gasteiger partial charge in [0, 0.05) is 24.1 Å². The molecule has 5 nitrogen and oxygen atoms in total. The van der Waals surface area contributed by atoms with Gasteiger partial charge >= 0.3 is 0 Å². The van der Waals surface area contributed by atoms with E-state index in [0.29, 0.717) is 18.7 Å². The third kappa shape index (κ3) is 4.84. The van der Waals surface area contributed by atoms with E-state index in [0.717, 1.165) is 17.7 Å². The lowest BCUT2D eigenvalue weighted by molar-refractivity contribution is -0.116. The molecule has 0 bridgehead atoms. The Kier molecular flexibility index (Phi) is 6.09. The smallest absolute Gasteiger partial charge is 0.243 e. The third-order valence-corrected chi connectivity index (χ3v) is 5.07. The summed E-state index contributed by atoms with van der Waals surface area (Å²) in [7, 11) is 0. The summed E-state index contributed by atoms with van der Waals surface area (Å²) in [5, 5.41) is 14.1. The van der Waals surface area contributed by atoms with Gasteiger partial charge in [0.2, 0.25) is 12.7 Å². The summed E-state index contributed by atoms with van der Waals surface area (Å²) >= 11 is 1.69. The van der Waals surface area contributed by atoms with Crippen molar-refractivity contribution in [1.82, 2.24) is 5.32 Å². The Morgan fingerprint density at radius 2 is 2.16 bits per heavy atom. The number of rotatable bonds is 8. The van der Waals surface area contributed by atoms with Crippen molar-refractivity contribution in [2.45, 2.75) is 18.8 Å². The van der Waals surface area contributed by atoms with Crippen LogP contribution in [0.4, 0.5) is 0 Å². The number of nitrogens with one attached hydrogen (secondary N) is 1. The molecule has 25 heavy (non-hydrogen) atoms. The van der Waals surface area contributed by atoms with Gasteiger partial charge in [-0.2, -0.15) is 0 Å². The number of benzene rings is 1. The zero-order valence-electron chi connectivity index (χ0n) is 13.8. The van der Waals surface area contributed by atoms with E-state index >= 15 is 0 Å². The van der Waals surface area contributed by atoms with Crippen LogP contribution < -0.4 is 14.8 Å². The predicted molar refractivity (Wildman–Crippen MR) is 98.0 cm³/mol. The fourth-order valence-corrected chi connectivity index (χ4v) is 3.63. The largest absolute Gasteiger partial charge is 0.454 e. The molecular formula is C19H21NO4S. The lowest BCUT2D eigenvalue weighted by atomic mass is 10.00. The molecule has 1 aliphatic rings. The topological polar surface area (TPSA) is 67.8 Å². The molecule has 0 spiro atoms. The Balaban J connectivity index is 1.47. The molecule has 1 aliphatic heterocycles. The van der Waals surface area contributed by atoms with Crippen LogP contribution >= 0.6 is 11.3 Å². The Morgan fingerprint density at radius 3 is 2.96 bits per heavy atom. The van der Waals surface area contributed by atoms with Crippen molar-refractivity contribution in [3.63, 3.8) is 0 Å². The first kappa shape index (κ1) is 17.5. The summed E-state index contributed by atoms with van der Waals surface area (Å²) in [5.41, 5.74) is 0.885. The van der Waals surface area contributed by atoms with E-state index < -0.39 is 0 Å². The average Bonchev–Trinajstić information content (AvgIpc) is 3.30. The second kappa shape index (κ2) is 8.69. The minimum Gasteiger partial charge on any atom is -0.454 e. The van der Waals surface area contributed by atoms with Crippen LogP contribution in [-0.2, 0) is 4.79 Å². The van der Waals surface area contributed by atoms with E-state index in [1.807, 2.05) is 29.6 Å². The average molecular weight is 359 g/mol. The molecule has 3 rings (SSSR count). The van der Waals surface area contributed by atoms with Gasteiger partial charge < -0.3 is 19.9 Å². The summed E-state index contributed by atoms with van der Waals surface area (Å²) in [5.74, 6) is 1.57. The lowest BCUT2D eigenvalue weighted by Crippen LogP contribution is -2.23. The number of carbonyl (C=O) groups excluding carboxylic acids is 1. The maximum absolute atomic E-state index is 12.0. The predicted octanol–water partition coefficient (Wildman–Crippen LogP) is 3.16. The van der Waals surface area contributed by atoms with Crippen LogP contribution in [0.5, 0.6) is 11.5 Å². The molecule has 1 atom stereocenters. The summed E-state index contributed by atoms with van der Waals surface area (Å²) in [6, 6.07) is 9.65. The number of amides is 1. The van der Waals surface area contributed by atoms with Gasteiger partial charge in [-0.25, -0.2) is 0 Å².